The third kappa shape index (κ3) is 3.97. The number of hydrogen-bond donors (Lipinski definition) is 1. The van der Waals surface area contributed by atoms with Crippen LogP contribution in [0.3, 0.4) is 0 Å². The number of nitrogens with zero attached hydrogens (tertiary/aromatic N) is 2. The van der Waals surface area contributed by atoms with Crippen molar-refractivity contribution in [1.29, 1.82) is 5.41 Å². The molecule has 1 aliphatic rings. The third-order valence-electron chi connectivity index (χ3n) is 5.52. The van der Waals surface area contributed by atoms with Crippen LogP contribution in [0.1, 0.15) is 16.7 Å². The van der Waals surface area contributed by atoms with E-state index in [-0.39, 0.29) is 5.91 Å². The molecule has 1 saturated heterocycles. The van der Waals surface area contributed by atoms with Crippen molar-refractivity contribution in [2.24, 2.45) is 0 Å². The van der Waals surface area contributed by atoms with Gasteiger partial charge in [0.2, 0.25) is 5.91 Å². The number of nitrogens with one attached hydrogen (secondary N) is 1. The summed E-state index contributed by atoms with van der Waals surface area (Å²) >= 11 is 0. The molecule has 0 radical (unpaired) electrons. The molecule has 0 saturated carbocycles. The van der Waals surface area contributed by atoms with Gasteiger partial charge in [-0.25, -0.2) is 0 Å². The van der Waals surface area contributed by atoms with E-state index < -0.39 is 0 Å². The van der Waals surface area contributed by atoms with E-state index >= 15 is 0 Å². The van der Waals surface area contributed by atoms with Gasteiger partial charge >= 0.3 is 0 Å². The van der Waals surface area contributed by atoms with E-state index in [2.05, 4.69) is 29.2 Å². The second-order valence-corrected chi connectivity index (χ2v) is 7.32. The van der Waals surface area contributed by atoms with E-state index in [1.807, 2.05) is 47.4 Å². The molecule has 3 aromatic rings. The number of fused-ring (bicyclic) bond motifs is 1. The first kappa shape index (κ1) is 18.4. The van der Waals surface area contributed by atoms with Crippen LogP contribution >= 0.6 is 0 Å². The molecule has 1 amide bonds. The molecule has 0 unspecified atom stereocenters. The standard InChI is InChI=1S/C24H25N3O/c25-17-21-11-10-20(22-8-4-5-9-23(21)22)16-24(28)27-14-12-26(13-15-27)18-19-6-2-1-3-7-19/h1-11,17,25H,12-16,18H2. The van der Waals surface area contributed by atoms with E-state index in [4.69, 9.17) is 5.41 Å². The van der Waals surface area contributed by atoms with Gasteiger partial charge in [0.15, 0.2) is 0 Å². The number of hydrogen-bond acceptors (Lipinski definition) is 3. The largest absolute Gasteiger partial charge is 0.340 e. The molecule has 1 N–H and O–H groups in total. The first-order chi connectivity index (χ1) is 13.7. The Hall–Kier alpha value is -2.98. The predicted octanol–water partition coefficient (Wildman–Crippen LogP) is 3.72. The Bertz CT molecular complexity index is 976. The predicted molar refractivity (Wildman–Crippen MR) is 114 cm³/mol. The smallest absolute Gasteiger partial charge is 0.227 e. The fraction of sp³-hybridized carbons (Fsp3) is 0.250. The van der Waals surface area contributed by atoms with Crippen LogP contribution in [0.5, 0.6) is 0 Å². The normalized spacial score (nSPS) is 14.9. The summed E-state index contributed by atoms with van der Waals surface area (Å²) in [5, 5.41) is 9.70. The summed E-state index contributed by atoms with van der Waals surface area (Å²) in [5.41, 5.74) is 3.25. The van der Waals surface area contributed by atoms with Crippen LogP contribution in [-0.4, -0.2) is 48.1 Å². The van der Waals surface area contributed by atoms with Gasteiger partial charge < -0.3 is 10.3 Å². The first-order valence-corrected chi connectivity index (χ1v) is 9.80. The lowest BCUT2D eigenvalue weighted by atomic mass is 9.98. The molecule has 1 fully saturated rings. The molecule has 0 atom stereocenters. The average Bonchev–Trinajstić information content (AvgIpc) is 2.75. The van der Waals surface area contributed by atoms with Gasteiger partial charge in [0, 0.05) is 38.9 Å². The molecular formula is C24H25N3O. The fourth-order valence-corrected chi connectivity index (χ4v) is 3.94. The summed E-state index contributed by atoms with van der Waals surface area (Å²) in [5.74, 6) is 0.187. The Labute approximate surface area is 165 Å². The van der Waals surface area contributed by atoms with E-state index in [0.29, 0.717) is 6.42 Å². The minimum atomic E-state index is 0.187. The molecule has 0 aliphatic carbocycles. The van der Waals surface area contributed by atoms with Gasteiger partial charge in [0.1, 0.15) is 0 Å². The number of rotatable bonds is 5. The molecule has 4 rings (SSSR count). The highest BCUT2D eigenvalue weighted by molar-refractivity contribution is 6.01. The lowest BCUT2D eigenvalue weighted by molar-refractivity contribution is -0.132. The second-order valence-electron chi connectivity index (χ2n) is 7.32. The molecule has 4 nitrogen and oxygen atoms in total. The Morgan fingerprint density at radius 1 is 0.857 bits per heavy atom. The summed E-state index contributed by atoms with van der Waals surface area (Å²) in [6.07, 6.45) is 1.79. The van der Waals surface area contributed by atoms with Gasteiger partial charge in [-0.05, 0) is 27.5 Å². The Morgan fingerprint density at radius 2 is 1.54 bits per heavy atom. The maximum absolute atomic E-state index is 12.9. The molecule has 0 spiro atoms. The van der Waals surface area contributed by atoms with Crippen LogP contribution in [-0.2, 0) is 17.8 Å². The number of piperazine rings is 1. The van der Waals surface area contributed by atoms with Crippen LogP contribution in [0.25, 0.3) is 10.8 Å². The number of carbonyl (C=O) groups is 1. The van der Waals surface area contributed by atoms with Crippen molar-refractivity contribution in [1.82, 2.24) is 9.80 Å². The summed E-state index contributed by atoms with van der Waals surface area (Å²) in [4.78, 5) is 17.3. The van der Waals surface area contributed by atoms with E-state index in [1.165, 1.54) is 11.8 Å². The summed E-state index contributed by atoms with van der Waals surface area (Å²) in [7, 11) is 0. The minimum Gasteiger partial charge on any atom is -0.340 e. The van der Waals surface area contributed by atoms with Gasteiger partial charge in [0.05, 0.1) is 6.42 Å². The van der Waals surface area contributed by atoms with Crippen LogP contribution in [0.2, 0.25) is 0 Å². The van der Waals surface area contributed by atoms with Crippen LogP contribution in [0, 0.1) is 5.41 Å². The topological polar surface area (TPSA) is 47.4 Å². The van der Waals surface area contributed by atoms with Gasteiger partial charge in [-0.2, -0.15) is 0 Å². The summed E-state index contributed by atoms with van der Waals surface area (Å²) in [6, 6.07) is 22.5. The number of benzene rings is 3. The fourth-order valence-electron chi connectivity index (χ4n) is 3.94. The lowest BCUT2D eigenvalue weighted by Gasteiger charge is -2.35. The van der Waals surface area contributed by atoms with Gasteiger partial charge in [-0.15, -0.1) is 0 Å². The highest BCUT2D eigenvalue weighted by atomic mass is 16.2. The van der Waals surface area contributed by atoms with Crippen molar-refractivity contribution in [3.8, 4) is 0 Å². The van der Waals surface area contributed by atoms with Crippen molar-refractivity contribution >= 4 is 22.9 Å². The summed E-state index contributed by atoms with van der Waals surface area (Å²) < 4.78 is 0. The third-order valence-corrected chi connectivity index (χ3v) is 5.52. The monoisotopic (exact) mass is 371 g/mol. The minimum absolute atomic E-state index is 0.187. The Balaban J connectivity index is 1.40. The first-order valence-electron chi connectivity index (χ1n) is 9.80. The maximum atomic E-state index is 12.9. The van der Waals surface area contributed by atoms with Crippen molar-refractivity contribution in [3.63, 3.8) is 0 Å². The summed E-state index contributed by atoms with van der Waals surface area (Å²) in [6.45, 7) is 4.32. The van der Waals surface area contributed by atoms with Crippen molar-refractivity contribution in [2.75, 3.05) is 26.2 Å². The van der Waals surface area contributed by atoms with Gasteiger partial charge in [-0.3, -0.25) is 9.69 Å². The van der Waals surface area contributed by atoms with Crippen LogP contribution in [0.15, 0.2) is 66.7 Å². The van der Waals surface area contributed by atoms with Crippen LogP contribution < -0.4 is 0 Å². The Kier molecular flexibility index (Phi) is 5.49. The second kappa shape index (κ2) is 8.36. The molecule has 1 heterocycles. The van der Waals surface area contributed by atoms with E-state index in [9.17, 15) is 4.79 Å². The van der Waals surface area contributed by atoms with Crippen molar-refractivity contribution < 1.29 is 4.79 Å². The molecule has 1 aliphatic heterocycles. The highest BCUT2D eigenvalue weighted by Gasteiger charge is 2.21. The van der Waals surface area contributed by atoms with E-state index in [0.717, 1.165) is 54.6 Å². The molecule has 0 bridgehead atoms. The molecule has 4 heteroatoms. The molecule has 3 aromatic carbocycles. The zero-order valence-corrected chi connectivity index (χ0v) is 16.0. The van der Waals surface area contributed by atoms with Crippen molar-refractivity contribution in [2.45, 2.75) is 13.0 Å². The lowest BCUT2D eigenvalue weighted by Crippen LogP contribution is -2.48. The molecule has 142 valence electrons. The number of amides is 1. The van der Waals surface area contributed by atoms with Gasteiger partial charge in [-0.1, -0.05) is 66.7 Å². The average molecular weight is 371 g/mol. The zero-order valence-electron chi connectivity index (χ0n) is 16.0. The van der Waals surface area contributed by atoms with Crippen molar-refractivity contribution in [3.05, 3.63) is 83.4 Å². The SMILES string of the molecule is N=Cc1ccc(CC(=O)N2CCN(Cc3ccccc3)CC2)c2ccccc12. The number of carbonyl (C=O) groups excluding carboxylic acids is 1. The maximum Gasteiger partial charge on any atom is 0.227 e. The van der Waals surface area contributed by atoms with E-state index in [1.54, 1.807) is 0 Å². The van der Waals surface area contributed by atoms with Crippen LogP contribution in [0.4, 0.5) is 0 Å². The van der Waals surface area contributed by atoms with Gasteiger partial charge in [0.25, 0.3) is 0 Å². The molecule has 0 aromatic heterocycles. The molecule has 28 heavy (non-hydrogen) atoms. The zero-order chi connectivity index (χ0) is 19.3. The highest BCUT2D eigenvalue weighted by Crippen LogP contribution is 2.23. The quantitative estimate of drug-likeness (QED) is 0.695. The Morgan fingerprint density at radius 3 is 2.25 bits per heavy atom. The molecular weight excluding hydrogens is 346 g/mol.